The summed E-state index contributed by atoms with van der Waals surface area (Å²) in [7, 11) is 0. The zero-order valence-corrected chi connectivity index (χ0v) is 31.0. The summed E-state index contributed by atoms with van der Waals surface area (Å²) >= 11 is 0. The molecule has 0 unspecified atom stereocenters. The summed E-state index contributed by atoms with van der Waals surface area (Å²) in [5.74, 6) is 3.32. The van der Waals surface area contributed by atoms with E-state index in [1.54, 1.807) is 24.8 Å². The summed E-state index contributed by atoms with van der Waals surface area (Å²) < 4.78 is 0. The van der Waals surface area contributed by atoms with Crippen molar-refractivity contribution in [2.75, 3.05) is 21.3 Å². The first-order chi connectivity index (χ1) is 27.6. The largest absolute Gasteiger partial charge is 0.340 e. The molecule has 274 valence electrons. The third-order valence-electron chi connectivity index (χ3n) is 8.62. The maximum absolute atomic E-state index is 4.52. The third-order valence-corrected chi connectivity index (χ3v) is 8.62. The van der Waals surface area contributed by atoms with Gasteiger partial charge in [-0.1, -0.05) is 60.7 Å². The van der Waals surface area contributed by atoms with Crippen molar-refractivity contribution in [2.45, 2.75) is 13.8 Å². The van der Waals surface area contributed by atoms with E-state index in [1.165, 1.54) is 0 Å². The van der Waals surface area contributed by atoms with E-state index in [-0.39, 0.29) is 0 Å². The number of aromatic nitrogens is 6. The number of benzene rings is 4. The minimum absolute atomic E-state index is 0.829. The van der Waals surface area contributed by atoms with Gasteiger partial charge in [0.05, 0.1) is 22.1 Å². The Bertz CT molecular complexity index is 2250. The number of para-hydroxylation sites is 4. The number of rotatable bonds is 8. The lowest BCUT2D eigenvalue weighted by atomic mass is 10.1. The highest BCUT2D eigenvalue weighted by atomic mass is 15.0. The molecule has 0 spiro atoms. The molecular weight excluding hydrogens is 693 g/mol. The highest BCUT2D eigenvalue weighted by molar-refractivity contribution is 5.86. The molecule has 0 aliphatic rings. The van der Waals surface area contributed by atoms with Gasteiger partial charge in [-0.05, 0) is 122 Å². The quantitative estimate of drug-likeness (QED) is 0.112. The van der Waals surface area contributed by atoms with Crippen LogP contribution >= 0.6 is 0 Å². The smallest absolute Gasteiger partial charge is 0.130 e. The van der Waals surface area contributed by atoms with Gasteiger partial charge in [0.1, 0.15) is 23.3 Å². The van der Waals surface area contributed by atoms with Gasteiger partial charge in [-0.25, -0.2) is 29.9 Å². The van der Waals surface area contributed by atoms with Crippen molar-refractivity contribution < 1.29 is 0 Å². The van der Waals surface area contributed by atoms with Crippen molar-refractivity contribution in [2.24, 2.45) is 0 Å². The van der Waals surface area contributed by atoms with Gasteiger partial charge in [0.15, 0.2) is 0 Å². The highest BCUT2D eigenvalue weighted by Gasteiger charge is 2.07. The first-order valence-corrected chi connectivity index (χ1v) is 18.1. The fourth-order valence-electron chi connectivity index (χ4n) is 5.68. The molecule has 5 heterocycles. The zero-order chi connectivity index (χ0) is 38.4. The summed E-state index contributed by atoms with van der Waals surface area (Å²) in [6.07, 6.45) is 7.09. The summed E-state index contributed by atoms with van der Waals surface area (Å²) in [5.41, 5.74) is 10.1. The molecule has 0 bridgehead atoms. The molecule has 0 saturated heterocycles. The van der Waals surface area contributed by atoms with Crippen LogP contribution in [0.1, 0.15) is 11.1 Å². The van der Waals surface area contributed by atoms with E-state index in [4.69, 9.17) is 0 Å². The molecule has 10 nitrogen and oxygen atoms in total. The molecule has 0 atom stereocenters. The van der Waals surface area contributed by atoms with Gasteiger partial charge in [0.25, 0.3) is 0 Å². The molecule has 0 fully saturated rings. The van der Waals surface area contributed by atoms with Crippen LogP contribution in [0.5, 0.6) is 0 Å². The average Bonchev–Trinajstić information content (AvgIpc) is 3.25. The summed E-state index contributed by atoms with van der Waals surface area (Å²) in [6, 6.07) is 51.2. The maximum Gasteiger partial charge on any atom is 0.130 e. The molecule has 56 heavy (non-hydrogen) atoms. The van der Waals surface area contributed by atoms with Gasteiger partial charge in [0.2, 0.25) is 0 Å². The van der Waals surface area contributed by atoms with Gasteiger partial charge in [-0.15, -0.1) is 0 Å². The molecule has 0 aliphatic heterocycles. The normalized spacial score (nSPS) is 10.3. The number of nitrogens with one attached hydrogen (secondary N) is 4. The number of hydrogen-bond acceptors (Lipinski definition) is 10. The molecule has 9 aromatic rings. The summed E-state index contributed by atoms with van der Waals surface area (Å²) in [4.78, 5) is 26.2. The maximum atomic E-state index is 4.52. The van der Waals surface area contributed by atoms with E-state index in [1.807, 2.05) is 158 Å². The van der Waals surface area contributed by atoms with Crippen LogP contribution < -0.4 is 21.3 Å². The first kappa shape index (κ1) is 36.6. The van der Waals surface area contributed by atoms with Crippen molar-refractivity contribution in [1.29, 1.82) is 0 Å². The van der Waals surface area contributed by atoms with E-state index in [9.17, 15) is 0 Å². The van der Waals surface area contributed by atoms with E-state index < -0.39 is 0 Å². The SMILES string of the molecule is Cc1c(Nc2ccccn2)cccc1Nc1ccccn1.Cc1c(Nc2ccccn2)cccc1Nc1ccccn1.c1ccc2nc3ccccc3nc2c1. The Labute approximate surface area is 325 Å². The number of anilines is 8. The van der Waals surface area contributed by atoms with Gasteiger partial charge in [-0.3, -0.25) is 0 Å². The number of pyridine rings is 4. The van der Waals surface area contributed by atoms with Crippen molar-refractivity contribution in [1.82, 2.24) is 29.9 Å². The molecule has 9 rings (SSSR count). The van der Waals surface area contributed by atoms with Gasteiger partial charge >= 0.3 is 0 Å². The topological polar surface area (TPSA) is 125 Å². The van der Waals surface area contributed by atoms with Gasteiger partial charge in [0, 0.05) is 47.5 Å². The third kappa shape index (κ3) is 9.82. The Morgan fingerprint density at radius 1 is 0.286 bits per heavy atom. The van der Waals surface area contributed by atoms with Crippen LogP contribution in [-0.4, -0.2) is 29.9 Å². The van der Waals surface area contributed by atoms with E-state index in [0.717, 1.165) is 79.2 Å². The van der Waals surface area contributed by atoms with Crippen LogP contribution in [0.15, 0.2) is 183 Å². The number of fused-ring (bicyclic) bond motifs is 2. The Morgan fingerprint density at radius 2 is 0.536 bits per heavy atom. The Morgan fingerprint density at radius 3 is 0.768 bits per heavy atom. The van der Waals surface area contributed by atoms with Gasteiger partial charge < -0.3 is 21.3 Å². The summed E-state index contributed by atoms with van der Waals surface area (Å²) in [5, 5.41) is 13.3. The fourth-order valence-corrected chi connectivity index (χ4v) is 5.68. The fraction of sp³-hybridized carbons (Fsp3) is 0.0435. The summed E-state index contributed by atoms with van der Waals surface area (Å²) in [6.45, 7) is 4.13. The number of hydrogen-bond donors (Lipinski definition) is 4. The van der Waals surface area contributed by atoms with Crippen molar-refractivity contribution in [3.8, 4) is 0 Å². The Kier molecular flexibility index (Phi) is 12.0. The minimum Gasteiger partial charge on any atom is -0.340 e. The second kappa shape index (κ2) is 18.4. The van der Waals surface area contributed by atoms with Crippen molar-refractivity contribution in [3.63, 3.8) is 0 Å². The molecule has 4 aromatic carbocycles. The van der Waals surface area contributed by atoms with E-state index in [0.29, 0.717) is 0 Å². The first-order valence-electron chi connectivity index (χ1n) is 18.1. The van der Waals surface area contributed by atoms with Crippen LogP contribution in [0.25, 0.3) is 22.1 Å². The van der Waals surface area contributed by atoms with Crippen LogP contribution in [0.2, 0.25) is 0 Å². The molecule has 0 aliphatic carbocycles. The molecule has 0 radical (unpaired) electrons. The average molecular weight is 733 g/mol. The van der Waals surface area contributed by atoms with Crippen molar-refractivity contribution >= 4 is 68.1 Å². The molecule has 10 heteroatoms. The van der Waals surface area contributed by atoms with E-state index in [2.05, 4.69) is 65.0 Å². The molecule has 0 amide bonds. The molecule has 5 aromatic heterocycles. The monoisotopic (exact) mass is 732 g/mol. The minimum atomic E-state index is 0.829. The Hall–Kier alpha value is -7.72. The van der Waals surface area contributed by atoms with Crippen LogP contribution in [0, 0.1) is 13.8 Å². The lowest BCUT2D eigenvalue weighted by molar-refractivity contribution is 1.28. The molecule has 0 saturated carbocycles. The van der Waals surface area contributed by atoms with Crippen LogP contribution in [0.3, 0.4) is 0 Å². The van der Waals surface area contributed by atoms with Crippen LogP contribution in [-0.2, 0) is 0 Å². The predicted octanol–water partition coefficient (Wildman–Crippen LogP) is 11.3. The Balaban J connectivity index is 0.000000131. The number of nitrogens with zero attached hydrogens (tertiary/aromatic N) is 6. The second-order valence-corrected chi connectivity index (χ2v) is 12.5. The van der Waals surface area contributed by atoms with Crippen molar-refractivity contribution in [3.05, 3.63) is 194 Å². The molecule has 4 N–H and O–H groups in total. The zero-order valence-electron chi connectivity index (χ0n) is 31.0. The van der Waals surface area contributed by atoms with E-state index >= 15 is 0 Å². The highest BCUT2D eigenvalue weighted by Crippen LogP contribution is 2.29. The van der Waals surface area contributed by atoms with Crippen LogP contribution in [0.4, 0.5) is 46.0 Å². The lowest BCUT2D eigenvalue weighted by Crippen LogP contribution is -1.99. The lowest BCUT2D eigenvalue weighted by Gasteiger charge is -2.14. The predicted molar refractivity (Wildman–Crippen MR) is 229 cm³/mol. The second-order valence-electron chi connectivity index (χ2n) is 12.5. The standard InChI is InChI=1S/2C17H16N4.C12H8N2/c2*1-13-14(20-16-9-2-4-11-18-16)7-6-8-15(13)21-17-10-3-5-12-19-17;1-2-6-10-9(5-1)13-11-7-3-4-8-12(11)14-10/h2*2-12H,1H3,(H,18,20)(H,19,21);1-8H. The molecular formula is C46H40N10. The van der Waals surface area contributed by atoms with Gasteiger partial charge in [-0.2, -0.15) is 0 Å².